The molecule has 2 heterocycles. The van der Waals surface area contributed by atoms with Crippen LogP contribution in [0.25, 0.3) is 0 Å². The SMILES string of the molecule is CCS(=O)(=O)N1CCC2(CC1)CC[C@]1(C(=O)NCC(C)C)CN(C(C)=O)C[C@H]21. The molecule has 0 aromatic heterocycles. The molecule has 2 saturated heterocycles. The van der Waals surface area contributed by atoms with E-state index in [1.807, 2.05) is 4.90 Å². The van der Waals surface area contributed by atoms with E-state index in [9.17, 15) is 18.0 Å². The summed E-state index contributed by atoms with van der Waals surface area (Å²) >= 11 is 0. The second-order valence-corrected chi connectivity index (χ2v) is 11.6. The maximum absolute atomic E-state index is 13.3. The molecule has 3 aliphatic rings. The number of carbonyl (C=O) groups is 2. The molecule has 1 N–H and O–H groups in total. The minimum Gasteiger partial charge on any atom is -0.355 e. The van der Waals surface area contributed by atoms with Gasteiger partial charge in [-0.3, -0.25) is 9.59 Å². The molecule has 7 nitrogen and oxygen atoms in total. The quantitative estimate of drug-likeness (QED) is 0.739. The van der Waals surface area contributed by atoms with Crippen molar-refractivity contribution in [3.8, 4) is 0 Å². The highest BCUT2D eigenvalue weighted by Gasteiger charge is 2.64. The van der Waals surface area contributed by atoms with E-state index in [-0.39, 0.29) is 28.9 Å². The molecule has 0 radical (unpaired) electrons. The van der Waals surface area contributed by atoms with Gasteiger partial charge in [0.05, 0.1) is 11.2 Å². The van der Waals surface area contributed by atoms with Crippen LogP contribution in [-0.4, -0.2) is 67.9 Å². The van der Waals surface area contributed by atoms with Crippen molar-refractivity contribution in [1.82, 2.24) is 14.5 Å². The number of fused-ring (bicyclic) bond motifs is 2. The third-order valence-electron chi connectivity index (χ3n) is 7.40. The summed E-state index contributed by atoms with van der Waals surface area (Å²) in [4.78, 5) is 27.2. The Morgan fingerprint density at radius 1 is 1.14 bits per heavy atom. The Morgan fingerprint density at radius 3 is 2.32 bits per heavy atom. The lowest BCUT2D eigenvalue weighted by Gasteiger charge is -2.43. The van der Waals surface area contributed by atoms with Crippen LogP contribution in [0.4, 0.5) is 0 Å². The topological polar surface area (TPSA) is 86.8 Å². The van der Waals surface area contributed by atoms with Gasteiger partial charge in [0.15, 0.2) is 0 Å². The van der Waals surface area contributed by atoms with E-state index in [0.717, 1.165) is 25.7 Å². The van der Waals surface area contributed by atoms with E-state index in [0.29, 0.717) is 38.6 Å². The average molecular weight is 414 g/mol. The molecule has 0 aromatic carbocycles. The Morgan fingerprint density at radius 2 is 1.79 bits per heavy atom. The summed E-state index contributed by atoms with van der Waals surface area (Å²) in [6.45, 7) is 10.2. The van der Waals surface area contributed by atoms with Crippen molar-refractivity contribution < 1.29 is 18.0 Å². The van der Waals surface area contributed by atoms with Crippen LogP contribution in [0.15, 0.2) is 0 Å². The highest BCUT2D eigenvalue weighted by molar-refractivity contribution is 7.89. The Bertz CT molecular complexity index is 728. The van der Waals surface area contributed by atoms with Crippen LogP contribution in [0.5, 0.6) is 0 Å². The van der Waals surface area contributed by atoms with Gasteiger partial charge in [-0.05, 0) is 49.9 Å². The zero-order valence-electron chi connectivity index (χ0n) is 17.7. The largest absolute Gasteiger partial charge is 0.355 e. The van der Waals surface area contributed by atoms with Crippen molar-refractivity contribution >= 4 is 21.8 Å². The Labute approximate surface area is 169 Å². The molecule has 2 atom stereocenters. The number of carbonyl (C=O) groups excluding carboxylic acids is 2. The fourth-order valence-corrected chi connectivity index (χ4v) is 6.74. The van der Waals surface area contributed by atoms with Gasteiger partial charge in [0.2, 0.25) is 21.8 Å². The molecule has 0 bridgehead atoms. The Hall–Kier alpha value is -1.15. The van der Waals surface area contributed by atoms with Crippen molar-refractivity contribution in [2.24, 2.45) is 22.7 Å². The van der Waals surface area contributed by atoms with Crippen molar-refractivity contribution in [2.75, 3.05) is 38.5 Å². The van der Waals surface area contributed by atoms with Crippen LogP contribution < -0.4 is 5.32 Å². The number of amides is 2. The summed E-state index contributed by atoms with van der Waals surface area (Å²) in [7, 11) is -3.17. The second-order valence-electron chi connectivity index (χ2n) is 9.37. The van der Waals surface area contributed by atoms with E-state index in [1.165, 1.54) is 0 Å². The molecule has 1 aliphatic carbocycles. The summed E-state index contributed by atoms with van der Waals surface area (Å²) < 4.78 is 26.1. The summed E-state index contributed by atoms with van der Waals surface area (Å²) in [5.41, 5.74) is -0.564. The number of hydrogen-bond donors (Lipinski definition) is 1. The van der Waals surface area contributed by atoms with E-state index >= 15 is 0 Å². The summed E-state index contributed by atoms with van der Waals surface area (Å²) in [5, 5.41) is 3.13. The van der Waals surface area contributed by atoms with Crippen LogP contribution in [0.3, 0.4) is 0 Å². The number of rotatable bonds is 5. The van der Waals surface area contributed by atoms with Crippen LogP contribution in [-0.2, 0) is 19.6 Å². The molecule has 2 aliphatic heterocycles. The zero-order chi connectivity index (χ0) is 20.7. The summed E-state index contributed by atoms with van der Waals surface area (Å²) in [5.74, 6) is 0.717. The molecule has 1 spiro atoms. The minimum atomic E-state index is -3.17. The minimum absolute atomic E-state index is 0.0200. The first-order valence-corrected chi connectivity index (χ1v) is 12.2. The van der Waals surface area contributed by atoms with Crippen molar-refractivity contribution in [3.05, 3.63) is 0 Å². The standard InChI is InChI=1S/C20H35N3O4S/c1-5-28(26,27)23-10-8-19(9-11-23)6-7-20(18(25)21-12-15(2)3)14-22(16(4)24)13-17(19)20/h15,17H,5-14H2,1-4H3,(H,21,25)/t17-,20+/m1/s1. The molecular weight excluding hydrogens is 378 g/mol. The van der Waals surface area contributed by atoms with Gasteiger partial charge in [-0.1, -0.05) is 13.8 Å². The van der Waals surface area contributed by atoms with Gasteiger partial charge in [0.1, 0.15) is 0 Å². The molecular formula is C20H35N3O4S. The summed E-state index contributed by atoms with van der Waals surface area (Å²) in [6, 6.07) is 0. The number of sulfonamides is 1. The van der Waals surface area contributed by atoms with E-state index in [2.05, 4.69) is 19.2 Å². The first kappa shape index (κ1) is 21.6. The molecule has 0 unspecified atom stereocenters. The number of likely N-dealkylation sites (tertiary alicyclic amines) is 1. The van der Waals surface area contributed by atoms with Crippen molar-refractivity contribution in [1.29, 1.82) is 0 Å². The van der Waals surface area contributed by atoms with E-state index < -0.39 is 15.4 Å². The van der Waals surface area contributed by atoms with Crippen LogP contribution in [0, 0.1) is 22.7 Å². The smallest absolute Gasteiger partial charge is 0.228 e. The van der Waals surface area contributed by atoms with Gasteiger partial charge in [-0.2, -0.15) is 0 Å². The zero-order valence-corrected chi connectivity index (χ0v) is 18.5. The molecule has 8 heteroatoms. The number of hydrogen-bond acceptors (Lipinski definition) is 4. The molecule has 160 valence electrons. The third-order valence-corrected chi connectivity index (χ3v) is 9.28. The normalized spacial score (nSPS) is 30.0. The number of piperidine rings is 1. The van der Waals surface area contributed by atoms with E-state index in [1.54, 1.807) is 18.2 Å². The fraction of sp³-hybridized carbons (Fsp3) is 0.900. The van der Waals surface area contributed by atoms with Gasteiger partial charge in [-0.15, -0.1) is 0 Å². The number of nitrogens with zero attached hydrogens (tertiary/aromatic N) is 2. The Balaban J connectivity index is 1.83. The lowest BCUT2D eigenvalue weighted by molar-refractivity contribution is -0.133. The lowest BCUT2D eigenvalue weighted by atomic mass is 9.66. The van der Waals surface area contributed by atoms with Crippen LogP contribution >= 0.6 is 0 Å². The monoisotopic (exact) mass is 413 g/mol. The number of nitrogens with one attached hydrogen (secondary N) is 1. The first-order chi connectivity index (χ1) is 13.1. The highest BCUT2D eigenvalue weighted by Crippen LogP contribution is 2.62. The first-order valence-electron chi connectivity index (χ1n) is 10.6. The van der Waals surface area contributed by atoms with Gasteiger partial charge >= 0.3 is 0 Å². The molecule has 0 aromatic rings. The van der Waals surface area contributed by atoms with Gasteiger partial charge < -0.3 is 10.2 Å². The van der Waals surface area contributed by atoms with Gasteiger partial charge in [0, 0.05) is 39.6 Å². The molecule has 3 fully saturated rings. The summed E-state index contributed by atoms with van der Waals surface area (Å²) in [6.07, 6.45) is 3.29. The molecule has 3 rings (SSSR count). The lowest BCUT2D eigenvalue weighted by Crippen LogP contribution is -2.50. The second kappa shape index (κ2) is 7.59. The molecule has 2 amide bonds. The molecule has 28 heavy (non-hydrogen) atoms. The van der Waals surface area contributed by atoms with Gasteiger partial charge in [-0.25, -0.2) is 12.7 Å². The van der Waals surface area contributed by atoms with Crippen molar-refractivity contribution in [2.45, 2.75) is 53.4 Å². The predicted octanol–water partition coefficient (Wildman–Crippen LogP) is 1.45. The fourth-order valence-electron chi connectivity index (χ4n) is 5.64. The average Bonchev–Trinajstić information content (AvgIpc) is 3.18. The van der Waals surface area contributed by atoms with Crippen LogP contribution in [0.2, 0.25) is 0 Å². The highest BCUT2D eigenvalue weighted by atomic mass is 32.2. The maximum atomic E-state index is 13.3. The molecule has 1 saturated carbocycles. The Kier molecular flexibility index (Phi) is 5.85. The van der Waals surface area contributed by atoms with E-state index in [4.69, 9.17) is 0 Å². The maximum Gasteiger partial charge on any atom is 0.228 e. The van der Waals surface area contributed by atoms with Crippen molar-refractivity contribution in [3.63, 3.8) is 0 Å². The third kappa shape index (κ3) is 3.58. The van der Waals surface area contributed by atoms with Gasteiger partial charge in [0.25, 0.3) is 0 Å². The predicted molar refractivity (Wildman–Crippen MR) is 108 cm³/mol. The van der Waals surface area contributed by atoms with Crippen LogP contribution in [0.1, 0.15) is 53.4 Å².